The van der Waals surface area contributed by atoms with Crippen LogP contribution in [0.15, 0.2) is 36.8 Å². The van der Waals surface area contributed by atoms with Gasteiger partial charge in [0.05, 0.1) is 5.56 Å². The van der Waals surface area contributed by atoms with Crippen LogP contribution in [0.25, 0.3) is 11.3 Å². The summed E-state index contributed by atoms with van der Waals surface area (Å²) in [5.74, 6) is 0. The predicted octanol–water partition coefficient (Wildman–Crippen LogP) is 3.82. The van der Waals surface area contributed by atoms with Crippen LogP contribution in [0.4, 0.5) is 13.2 Å². The summed E-state index contributed by atoms with van der Waals surface area (Å²) in [6.45, 7) is 0. The minimum Gasteiger partial charge on any atom is -0.361 e. The molecule has 1 N–H and O–H groups in total. The normalized spacial score (nSPS) is 11.5. The summed E-state index contributed by atoms with van der Waals surface area (Å²) in [4.78, 5) is 6.44. The lowest BCUT2D eigenvalue weighted by atomic mass is 10.1. The Bertz CT molecular complexity index is 590. The highest BCUT2D eigenvalue weighted by atomic mass is 32.1. The number of hydrogen-bond donors (Lipinski definition) is 1. The molecule has 2 rings (SSSR count). The van der Waals surface area contributed by atoms with E-state index in [9.17, 15) is 13.2 Å². The monoisotopic (exact) mass is 256 g/mol. The number of alkyl halides is 3. The molecule has 2 aromatic rings. The minimum absolute atomic E-state index is 0.00769. The summed E-state index contributed by atoms with van der Waals surface area (Å²) in [6.07, 6.45) is -0.623. The molecule has 2 nitrogen and oxygen atoms in total. The molecule has 0 aliphatic heterocycles. The Hall–Kier alpha value is -1.69. The van der Waals surface area contributed by atoms with Gasteiger partial charge >= 0.3 is 6.18 Å². The van der Waals surface area contributed by atoms with Gasteiger partial charge in [0, 0.05) is 34.4 Å². The number of hydrogen-bond acceptors (Lipinski definition) is 2. The fourth-order valence-electron chi connectivity index (χ4n) is 1.46. The number of aromatic nitrogens is 2. The van der Waals surface area contributed by atoms with E-state index < -0.39 is 11.7 Å². The first kappa shape index (κ1) is 11.8. The lowest BCUT2D eigenvalue weighted by Gasteiger charge is -2.11. The molecule has 88 valence electrons. The molecule has 0 unspecified atom stereocenters. The van der Waals surface area contributed by atoms with Gasteiger partial charge in [-0.2, -0.15) is 13.2 Å². The third-order valence-corrected chi connectivity index (χ3v) is 2.44. The Morgan fingerprint density at radius 1 is 1.24 bits per heavy atom. The molecule has 17 heavy (non-hydrogen) atoms. The third kappa shape index (κ3) is 2.52. The second-order valence-electron chi connectivity index (χ2n) is 3.36. The van der Waals surface area contributed by atoms with Gasteiger partial charge in [0.25, 0.3) is 0 Å². The maximum atomic E-state index is 12.8. The van der Waals surface area contributed by atoms with Gasteiger partial charge in [0.15, 0.2) is 0 Å². The fourth-order valence-corrected chi connectivity index (χ4v) is 1.64. The van der Waals surface area contributed by atoms with Crippen molar-refractivity contribution in [2.24, 2.45) is 0 Å². The van der Waals surface area contributed by atoms with E-state index in [0.29, 0.717) is 10.2 Å². The average Bonchev–Trinajstić information content (AvgIpc) is 2.28. The van der Waals surface area contributed by atoms with Gasteiger partial charge in [-0.15, -0.1) is 0 Å². The van der Waals surface area contributed by atoms with Crippen molar-refractivity contribution in [1.29, 1.82) is 0 Å². The molecule has 0 aliphatic rings. The van der Waals surface area contributed by atoms with E-state index in [0.717, 1.165) is 12.3 Å². The predicted molar refractivity (Wildman–Crippen MR) is 59.9 cm³/mol. The van der Waals surface area contributed by atoms with Gasteiger partial charge in [-0.1, -0.05) is 12.2 Å². The van der Waals surface area contributed by atoms with Crippen LogP contribution in [0, 0.1) is 4.51 Å². The van der Waals surface area contributed by atoms with Gasteiger partial charge in [-0.05, 0) is 18.2 Å². The highest BCUT2D eigenvalue weighted by Crippen LogP contribution is 2.35. The largest absolute Gasteiger partial charge is 0.417 e. The molecular weight excluding hydrogens is 249 g/mol. The summed E-state index contributed by atoms with van der Waals surface area (Å²) in [7, 11) is 0. The molecule has 0 saturated carbocycles. The van der Waals surface area contributed by atoms with Gasteiger partial charge in [0.2, 0.25) is 0 Å². The van der Waals surface area contributed by atoms with Crippen LogP contribution in [0.2, 0.25) is 0 Å². The number of rotatable bonds is 1. The lowest BCUT2D eigenvalue weighted by molar-refractivity contribution is -0.137. The highest BCUT2D eigenvalue weighted by Gasteiger charge is 2.33. The molecule has 0 aliphatic carbocycles. The van der Waals surface area contributed by atoms with E-state index in [-0.39, 0.29) is 5.56 Å². The van der Waals surface area contributed by atoms with Crippen molar-refractivity contribution in [2.45, 2.75) is 6.18 Å². The zero-order chi connectivity index (χ0) is 12.5. The van der Waals surface area contributed by atoms with Crippen LogP contribution in [0.3, 0.4) is 0 Å². The summed E-state index contributed by atoms with van der Waals surface area (Å²) >= 11 is 4.91. The number of H-pyrrole nitrogens is 1. The van der Waals surface area contributed by atoms with E-state index in [1.807, 2.05) is 0 Å². The minimum atomic E-state index is -4.41. The number of aromatic amines is 1. The number of nitrogens with one attached hydrogen (secondary N) is 1. The molecular formula is C11H7F3N2S. The number of pyridine rings is 2. The molecule has 2 heterocycles. The zero-order valence-corrected chi connectivity index (χ0v) is 9.27. The standard InChI is InChI=1S/C11H7F3N2S/c12-11(13,14)9-2-3-15-6-8(9)10-5-7(17)1-4-16-10/h1-6H,(H,16,17). The summed E-state index contributed by atoms with van der Waals surface area (Å²) in [6, 6.07) is 4.02. The van der Waals surface area contributed by atoms with Crippen molar-refractivity contribution in [3.05, 3.63) is 46.9 Å². The molecule has 0 saturated heterocycles. The van der Waals surface area contributed by atoms with Crippen LogP contribution in [0.1, 0.15) is 5.56 Å². The Balaban J connectivity index is 2.64. The van der Waals surface area contributed by atoms with Crippen molar-refractivity contribution in [3.63, 3.8) is 0 Å². The van der Waals surface area contributed by atoms with E-state index in [1.165, 1.54) is 18.5 Å². The topological polar surface area (TPSA) is 28.7 Å². The highest BCUT2D eigenvalue weighted by molar-refractivity contribution is 7.71. The molecule has 0 amide bonds. The first-order chi connectivity index (χ1) is 7.98. The Kier molecular flexibility index (Phi) is 2.97. The van der Waals surface area contributed by atoms with Crippen LogP contribution >= 0.6 is 12.2 Å². The van der Waals surface area contributed by atoms with Crippen LogP contribution in [-0.2, 0) is 6.18 Å². The first-order valence-electron chi connectivity index (χ1n) is 4.69. The number of nitrogens with zero attached hydrogens (tertiary/aromatic N) is 1. The van der Waals surface area contributed by atoms with E-state index in [4.69, 9.17) is 12.2 Å². The summed E-state index contributed by atoms with van der Waals surface area (Å²) in [5, 5.41) is 0. The summed E-state index contributed by atoms with van der Waals surface area (Å²) in [5.41, 5.74) is -0.436. The van der Waals surface area contributed by atoms with Crippen molar-refractivity contribution in [3.8, 4) is 11.3 Å². The zero-order valence-electron chi connectivity index (χ0n) is 8.45. The van der Waals surface area contributed by atoms with Gasteiger partial charge < -0.3 is 4.98 Å². The van der Waals surface area contributed by atoms with Crippen molar-refractivity contribution in [1.82, 2.24) is 9.97 Å². The molecule has 6 heteroatoms. The van der Waals surface area contributed by atoms with E-state index in [1.54, 1.807) is 6.07 Å². The second-order valence-corrected chi connectivity index (χ2v) is 3.83. The van der Waals surface area contributed by atoms with Crippen LogP contribution in [-0.4, -0.2) is 9.97 Å². The van der Waals surface area contributed by atoms with Crippen molar-refractivity contribution in [2.75, 3.05) is 0 Å². The molecule has 0 spiro atoms. The molecule has 0 aromatic carbocycles. The SMILES string of the molecule is FC(F)(F)c1ccncc1-c1cc(=S)cc[nH]1. The molecule has 0 fully saturated rings. The molecule has 2 aromatic heterocycles. The quantitative estimate of drug-likeness (QED) is 0.786. The fraction of sp³-hybridized carbons (Fsp3) is 0.0909. The Morgan fingerprint density at radius 2 is 2.00 bits per heavy atom. The molecule has 0 radical (unpaired) electrons. The first-order valence-corrected chi connectivity index (χ1v) is 5.09. The molecule has 0 atom stereocenters. The Labute approximate surface area is 100 Å². The lowest BCUT2D eigenvalue weighted by Crippen LogP contribution is -2.07. The van der Waals surface area contributed by atoms with Crippen LogP contribution < -0.4 is 0 Å². The van der Waals surface area contributed by atoms with E-state index >= 15 is 0 Å². The maximum Gasteiger partial charge on any atom is 0.417 e. The Morgan fingerprint density at radius 3 is 2.65 bits per heavy atom. The second kappa shape index (κ2) is 4.29. The number of halogens is 3. The van der Waals surface area contributed by atoms with E-state index in [2.05, 4.69) is 9.97 Å². The van der Waals surface area contributed by atoms with Gasteiger partial charge in [-0.3, -0.25) is 4.98 Å². The van der Waals surface area contributed by atoms with Crippen molar-refractivity contribution >= 4 is 12.2 Å². The average molecular weight is 256 g/mol. The van der Waals surface area contributed by atoms with Gasteiger partial charge in [0.1, 0.15) is 0 Å². The van der Waals surface area contributed by atoms with Gasteiger partial charge in [-0.25, -0.2) is 0 Å². The molecule has 0 bridgehead atoms. The van der Waals surface area contributed by atoms with Crippen LogP contribution in [0.5, 0.6) is 0 Å². The maximum absolute atomic E-state index is 12.8. The van der Waals surface area contributed by atoms with Crippen molar-refractivity contribution < 1.29 is 13.2 Å². The third-order valence-electron chi connectivity index (χ3n) is 2.19. The summed E-state index contributed by atoms with van der Waals surface area (Å²) < 4.78 is 38.8. The smallest absolute Gasteiger partial charge is 0.361 e.